The standard InChI is InChI=1S/C45H81NO5S/c1-3-5-7-9-11-13-15-17-19-21-22-23-25-26-28-30-32-34-36-38-40-44(47)43(42-52(49,50)51)46-45(48)41-39-37-35-33-31-29-27-24-20-18-16-14-12-10-8-6-4-2/h12,14,18,20,23,25,30,32,38,40,43-44,47H,3-11,13,15-17,19,21-22,24,26-29,31,33-37,39,41-42H2,1-2H3,(H,46,48)(H,49,50,51)/b14-12-,20-18-,25-23+,32-30+,40-38+. The van der Waals surface area contributed by atoms with Crippen molar-refractivity contribution in [3.63, 3.8) is 0 Å². The maximum absolute atomic E-state index is 12.5. The predicted molar refractivity (Wildman–Crippen MR) is 225 cm³/mol. The molecule has 0 radical (unpaired) electrons. The molecular weight excluding hydrogens is 667 g/mol. The van der Waals surface area contributed by atoms with Crippen molar-refractivity contribution < 1.29 is 22.9 Å². The topological polar surface area (TPSA) is 104 Å². The Morgan fingerprint density at radius 2 is 0.885 bits per heavy atom. The average Bonchev–Trinajstić information content (AvgIpc) is 3.11. The fraction of sp³-hybridized carbons (Fsp3) is 0.756. The molecule has 0 aromatic rings. The zero-order valence-corrected chi connectivity index (χ0v) is 34.5. The second-order valence-electron chi connectivity index (χ2n) is 14.6. The Morgan fingerprint density at radius 1 is 0.519 bits per heavy atom. The highest BCUT2D eigenvalue weighted by Crippen LogP contribution is 2.13. The third kappa shape index (κ3) is 39.3. The van der Waals surface area contributed by atoms with Gasteiger partial charge in [0.25, 0.3) is 10.1 Å². The van der Waals surface area contributed by atoms with Crippen LogP contribution in [0, 0.1) is 0 Å². The first-order chi connectivity index (χ1) is 25.3. The van der Waals surface area contributed by atoms with Gasteiger partial charge in [-0.3, -0.25) is 9.35 Å². The van der Waals surface area contributed by atoms with E-state index >= 15 is 0 Å². The number of nitrogens with one attached hydrogen (secondary N) is 1. The number of carbonyl (C=O) groups excluding carboxylic acids is 1. The van der Waals surface area contributed by atoms with Crippen LogP contribution in [-0.2, 0) is 14.9 Å². The van der Waals surface area contributed by atoms with Crippen molar-refractivity contribution in [1.29, 1.82) is 0 Å². The lowest BCUT2D eigenvalue weighted by Crippen LogP contribution is -2.46. The van der Waals surface area contributed by atoms with Gasteiger partial charge in [-0.2, -0.15) is 8.42 Å². The van der Waals surface area contributed by atoms with Crippen molar-refractivity contribution in [2.45, 2.75) is 212 Å². The fourth-order valence-electron chi connectivity index (χ4n) is 6.16. The molecule has 0 spiro atoms. The van der Waals surface area contributed by atoms with Gasteiger partial charge in [-0.25, -0.2) is 0 Å². The van der Waals surface area contributed by atoms with Gasteiger partial charge >= 0.3 is 0 Å². The number of allylic oxidation sites excluding steroid dienone is 9. The SMILES string of the molecule is CCCCC/C=C\C/C=C\CCCCCCCCCC(=O)NC(CS(=O)(=O)O)C(O)/C=C/CC/C=C/CC/C=C/CCCCCCCCCCCC. The number of carbonyl (C=O) groups is 1. The summed E-state index contributed by atoms with van der Waals surface area (Å²) in [5.41, 5.74) is 0. The molecule has 2 atom stereocenters. The molecule has 302 valence electrons. The summed E-state index contributed by atoms with van der Waals surface area (Å²) < 4.78 is 32.5. The minimum Gasteiger partial charge on any atom is -0.387 e. The van der Waals surface area contributed by atoms with Gasteiger partial charge in [0.15, 0.2) is 0 Å². The van der Waals surface area contributed by atoms with Gasteiger partial charge in [-0.15, -0.1) is 0 Å². The lowest BCUT2D eigenvalue weighted by molar-refractivity contribution is -0.122. The molecule has 0 aliphatic heterocycles. The van der Waals surface area contributed by atoms with Crippen LogP contribution in [0.2, 0.25) is 0 Å². The zero-order chi connectivity index (χ0) is 38.2. The number of hydrogen-bond donors (Lipinski definition) is 3. The first-order valence-corrected chi connectivity index (χ1v) is 23.1. The maximum Gasteiger partial charge on any atom is 0.267 e. The van der Waals surface area contributed by atoms with Crippen LogP contribution in [0.5, 0.6) is 0 Å². The third-order valence-corrected chi connectivity index (χ3v) is 10.2. The summed E-state index contributed by atoms with van der Waals surface area (Å²) in [6.45, 7) is 4.50. The van der Waals surface area contributed by atoms with E-state index in [2.05, 4.69) is 67.8 Å². The second-order valence-corrected chi connectivity index (χ2v) is 16.1. The van der Waals surface area contributed by atoms with E-state index in [0.29, 0.717) is 12.8 Å². The molecule has 2 unspecified atom stereocenters. The van der Waals surface area contributed by atoms with Crippen molar-refractivity contribution in [2.75, 3.05) is 5.75 Å². The number of aliphatic hydroxyl groups is 1. The quantitative estimate of drug-likeness (QED) is 0.0331. The molecule has 0 aromatic carbocycles. The molecular formula is C45H81NO5S. The van der Waals surface area contributed by atoms with Crippen molar-refractivity contribution in [3.8, 4) is 0 Å². The minimum atomic E-state index is -4.36. The van der Waals surface area contributed by atoms with Gasteiger partial charge in [0.1, 0.15) is 0 Å². The monoisotopic (exact) mass is 748 g/mol. The summed E-state index contributed by atoms with van der Waals surface area (Å²) in [6.07, 6.45) is 53.5. The number of hydrogen-bond acceptors (Lipinski definition) is 4. The van der Waals surface area contributed by atoms with Crippen molar-refractivity contribution in [3.05, 3.63) is 60.8 Å². The van der Waals surface area contributed by atoms with E-state index in [-0.39, 0.29) is 12.3 Å². The predicted octanol–water partition coefficient (Wildman–Crippen LogP) is 12.9. The highest BCUT2D eigenvalue weighted by Gasteiger charge is 2.24. The van der Waals surface area contributed by atoms with Crippen LogP contribution in [0.4, 0.5) is 0 Å². The van der Waals surface area contributed by atoms with E-state index in [4.69, 9.17) is 0 Å². The third-order valence-electron chi connectivity index (χ3n) is 9.39. The second kappa shape index (κ2) is 38.8. The van der Waals surface area contributed by atoms with E-state index in [1.807, 2.05) is 0 Å². The molecule has 6 nitrogen and oxygen atoms in total. The normalized spacial score (nSPS) is 13.8. The van der Waals surface area contributed by atoms with Crippen LogP contribution < -0.4 is 5.32 Å². The van der Waals surface area contributed by atoms with Crippen molar-refractivity contribution in [1.82, 2.24) is 5.32 Å². The number of unbranched alkanes of at least 4 members (excludes halogenated alkanes) is 22. The Balaban J connectivity index is 4.00. The molecule has 0 saturated heterocycles. The molecule has 0 heterocycles. The summed E-state index contributed by atoms with van der Waals surface area (Å²) in [5, 5.41) is 13.2. The van der Waals surface area contributed by atoms with Gasteiger partial charge in [0.2, 0.25) is 5.91 Å². The molecule has 0 bridgehead atoms. The van der Waals surface area contributed by atoms with E-state index < -0.39 is 28.0 Å². The van der Waals surface area contributed by atoms with Gasteiger partial charge in [-0.05, 0) is 77.0 Å². The van der Waals surface area contributed by atoms with Crippen LogP contribution in [0.15, 0.2) is 60.8 Å². The first-order valence-electron chi connectivity index (χ1n) is 21.5. The summed E-state index contributed by atoms with van der Waals surface area (Å²) in [5.74, 6) is -1.02. The van der Waals surface area contributed by atoms with E-state index in [9.17, 15) is 22.9 Å². The van der Waals surface area contributed by atoms with E-state index in [1.54, 1.807) is 6.08 Å². The summed E-state index contributed by atoms with van der Waals surface area (Å²) in [6, 6.07) is -1.09. The molecule has 52 heavy (non-hydrogen) atoms. The van der Waals surface area contributed by atoms with Crippen LogP contribution in [0.1, 0.15) is 200 Å². The molecule has 1 amide bonds. The molecule has 0 aliphatic carbocycles. The summed E-state index contributed by atoms with van der Waals surface area (Å²) in [4.78, 5) is 12.5. The molecule has 0 fully saturated rings. The minimum absolute atomic E-state index is 0.273. The van der Waals surface area contributed by atoms with E-state index in [1.165, 1.54) is 122 Å². The van der Waals surface area contributed by atoms with Gasteiger partial charge in [-0.1, -0.05) is 177 Å². The molecule has 0 rings (SSSR count). The Kier molecular flexibility index (Phi) is 37.3. The Morgan fingerprint density at radius 3 is 1.37 bits per heavy atom. The Hall–Kier alpha value is -1.96. The molecule has 0 saturated carbocycles. The molecule has 0 aliphatic rings. The zero-order valence-electron chi connectivity index (χ0n) is 33.7. The molecule has 7 heteroatoms. The van der Waals surface area contributed by atoms with Crippen LogP contribution in [-0.4, -0.2) is 41.9 Å². The number of rotatable bonds is 38. The smallest absolute Gasteiger partial charge is 0.267 e. The van der Waals surface area contributed by atoms with Gasteiger partial charge in [0, 0.05) is 6.42 Å². The van der Waals surface area contributed by atoms with Crippen LogP contribution in [0.3, 0.4) is 0 Å². The highest BCUT2D eigenvalue weighted by atomic mass is 32.2. The maximum atomic E-state index is 12.5. The molecule has 0 aromatic heterocycles. The highest BCUT2D eigenvalue weighted by molar-refractivity contribution is 7.85. The Bertz CT molecular complexity index is 1050. The number of amides is 1. The van der Waals surface area contributed by atoms with Crippen molar-refractivity contribution >= 4 is 16.0 Å². The van der Waals surface area contributed by atoms with Crippen LogP contribution in [0.25, 0.3) is 0 Å². The van der Waals surface area contributed by atoms with Gasteiger partial charge in [0.05, 0.1) is 17.9 Å². The largest absolute Gasteiger partial charge is 0.387 e. The lowest BCUT2D eigenvalue weighted by atomic mass is 10.1. The molecule has 3 N–H and O–H groups in total. The van der Waals surface area contributed by atoms with Gasteiger partial charge < -0.3 is 10.4 Å². The van der Waals surface area contributed by atoms with E-state index in [0.717, 1.165) is 51.4 Å². The summed E-state index contributed by atoms with van der Waals surface area (Å²) >= 11 is 0. The summed E-state index contributed by atoms with van der Waals surface area (Å²) in [7, 11) is -4.36. The average molecular weight is 748 g/mol. The fourth-order valence-corrected chi connectivity index (χ4v) is 6.89. The first kappa shape index (κ1) is 50.0. The Labute approximate surface area is 321 Å². The lowest BCUT2D eigenvalue weighted by Gasteiger charge is -2.21. The number of aliphatic hydroxyl groups excluding tert-OH is 1. The van der Waals surface area contributed by atoms with Crippen LogP contribution >= 0.6 is 0 Å². The van der Waals surface area contributed by atoms with Crippen molar-refractivity contribution in [2.24, 2.45) is 0 Å².